The number of fused-ring (bicyclic) bond motifs is 3. The zero-order chi connectivity index (χ0) is 12.0. The minimum atomic E-state index is -0.909. The monoisotopic (exact) mass is 225 g/mol. The molecule has 0 unspecified atom stereocenters. The first-order valence-electron chi connectivity index (χ1n) is 5.49. The third kappa shape index (κ3) is 1.43. The van der Waals surface area contributed by atoms with Crippen LogP contribution in [0.15, 0.2) is 30.3 Å². The lowest BCUT2D eigenvalue weighted by molar-refractivity contribution is 0.0695. The minimum Gasteiger partial charge on any atom is -0.478 e. The number of aromatic nitrogens is 1. The highest BCUT2D eigenvalue weighted by atomic mass is 16.4. The Bertz CT molecular complexity index is 632. The third-order valence-electron chi connectivity index (χ3n) is 3.18. The van der Waals surface area contributed by atoms with Crippen molar-refractivity contribution in [2.45, 2.75) is 13.3 Å². The second-order valence-corrected chi connectivity index (χ2v) is 4.27. The van der Waals surface area contributed by atoms with Crippen molar-refractivity contribution in [3.05, 3.63) is 52.7 Å². The Morgan fingerprint density at radius 3 is 2.82 bits per heavy atom. The summed E-state index contributed by atoms with van der Waals surface area (Å²) in [5, 5.41) is 9.07. The number of pyridine rings is 1. The van der Waals surface area contributed by atoms with Gasteiger partial charge in [0.05, 0.1) is 17.0 Å². The first kappa shape index (κ1) is 10.0. The number of nitrogens with zero attached hydrogens (tertiary/aromatic N) is 1. The smallest absolute Gasteiger partial charge is 0.337 e. The molecule has 0 radical (unpaired) electrons. The molecule has 1 aromatic carbocycles. The molecule has 0 aliphatic heterocycles. The van der Waals surface area contributed by atoms with Crippen molar-refractivity contribution in [2.24, 2.45) is 0 Å². The second kappa shape index (κ2) is 3.42. The van der Waals surface area contributed by atoms with Crippen LogP contribution < -0.4 is 0 Å². The molecule has 0 saturated heterocycles. The van der Waals surface area contributed by atoms with Crippen molar-refractivity contribution in [1.82, 2.24) is 4.98 Å². The molecule has 17 heavy (non-hydrogen) atoms. The van der Waals surface area contributed by atoms with Crippen LogP contribution in [0.3, 0.4) is 0 Å². The van der Waals surface area contributed by atoms with Gasteiger partial charge < -0.3 is 5.11 Å². The van der Waals surface area contributed by atoms with Gasteiger partial charge in [-0.2, -0.15) is 0 Å². The van der Waals surface area contributed by atoms with Crippen molar-refractivity contribution in [1.29, 1.82) is 0 Å². The third-order valence-corrected chi connectivity index (χ3v) is 3.18. The van der Waals surface area contributed by atoms with E-state index in [-0.39, 0.29) is 0 Å². The molecule has 1 aliphatic rings. The fraction of sp³-hybridized carbons (Fsp3) is 0.143. The Balaban J connectivity index is 2.23. The van der Waals surface area contributed by atoms with Gasteiger partial charge in [0.2, 0.25) is 0 Å². The van der Waals surface area contributed by atoms with Gasteiger partial charge in [0, 0.05) is 12.0 Å². The van der Waals surface area contributed by atoms with Crippen LogP contribution in [0.25, 0.3) is 11.3 Å². The van der Waals surface area contributed by atoms with Crippen molar-refractivity contribution >= 4 is 5.97 Å². The summed E-state index contributed by atoms with van der Waals surface area (Å²) in [5.74, 6) is -0.909. The summed E-state index contributed by atoms with van der Waals surface area (Å²) in [5.41, 5.74) is 5.17. The minimum absolute atomic E-state index is 0.302. The van der Waals surface area contributed by atoms with Gasteiger partial charge in [-0.25, -0.2) is 4.79 Å². The molecule has 2 aromatic rings. The highest BCUT2D eigenvalue weighted by Gasteiger charge is 2.22. The van der Waals surface area contributed by atoms with Crippen LogP contribution in [-0.4, -0.2) is 16.1 Å². The summed E-state index contributed by atoms with van der Waals surface area (Å²) < 4.78 is 0. The van der Waals surface area contributed by atoms with E-state index in [0.717, 1.165) is 23.2 Å². The van der Waals surface area contributed by atoms with E-state index < -0.39 is 5.97 Å². The molecule has 0 amide bonds. The second-order valence-electron chi connectivity index (χ2n) is 4.27. The largest absolute Gasteiger partial charge is 0.478 e. The van der Waals surface area contributed by atoms with Crippen LogP contribution in [0, 0.1) is 6.92 Å². The number of hydrogen-bond acceptors (Lipinski definition) is 2. The fourth-order valence-corrected chi connectivity index (χ4v) is 2.34. The molecule has 0 spiro atoms. The van der Waals surface area contributed by atoms with Gasteiger partial charge in [-0.3, -0.25) is 4.98 Å². The molecule has 0 bridgehead atoms. The molecule has 1 aliphatic carbocycles. The predicted octanol–water partition coefficient (Wildman–Crippen LogP) is 2.66. The lowest BCUT2D eigenvalue weighted by Gasteiger charge is -2.04. The molecule has 84 valence electrons. The Kier molecular flexibility index (Phi) is 2.01. The van der Waals surface area contributed by atoms with Gasteiger partial charge >= 0.3 is 5.97 Å². The van der Waals surface area contributed by atoms with Gasteiger partial charge in [0.1, 0.15) is 0 Å². The number of carboxylic acids is 1. The standard InChI is InChI=1S/C14H11NO2/c1-8-12(14(16)17)7-10-6-9-4-2-3-5-11(9)13(10)15-8/h2-5,7H,6H2,1H3,(H,16,17). The quantitative estimate of drug-likeness (QED) is 0.692. The van der Waals surface area contributed by atoms with Gasteiger partial charge in [-0.05, 0) is 24.1 Å². The van der Waals surface area contributed by atoms with E-state index >= 15 is 0 Å². The van der Waals surface area contributed by atoms with E-state index in [2.05, 4.69) is 11.1 Å². The number of aryl methyl sites for hydroxylation is 1. The normalized spacial score (nSPS) is 12.1. The molecular formula is C14H11NO2. The van der Waals surface area contributed by atoms with E-state index in [4.69, 9.17) is 5.11 Å². The van der Waals surface area contributed by atoms with Crippen molar-refractivity contribution in [3.63, 3.8) is 0 Å². The van der Waals surface area contributed by atoms with Crippen LogP contribution in [0.1, 0.15) is 27.2 Å². The molecule has 1 heterocycles. The molecule has 3 rings (SSSR count). The number of aromatic carboxylic acids is 1. The Morgan fingerprint density at radius 1 is 1.29 bits per heavy atom. The number of rotatable bonds is 1. The Labute approximate surface area is 98.8 Å². The molecule has 0 atom stereocenters. The van der Waals surface area contributed by atoms with Gasteiger partial charge in [-0.15, -0.1) is 0 Å². The lowest BCUT2D eigenvalue weighted by Crippen LogP contribution is -2.03. The van der Waals surface area contributed by atoms with E-state index in [1.165, 1.54) is 5.56 Å². The molecule has 1 aromatic heterocycles. The number of hydrogen-bond donors (Lipinski definition) is 1. The van der Waals surface area contributed by atoms with Crippen molar-refractivity contribution in [3.8, 4) is 11.3 Å². The predicted molar refractivity (Wildman–Crippen MR) is 64.2 cm³/mol. The first-order valence-corrected chi connectivity index (χ1v) is 5.49. The first-order chi connectivity index (χ1) is 8.16. The van der Waals surface area contributed by atoms with Gasteiger partial charge in [0.15, 0.2) is 0 Å². The number of benzene rings is 1. The summed E-state index contributed by atoms with van der Waals surface area (Å²) in [7, 11) is 0. The van der Waals surface area contributed by atoms with Crippen LogP contribution in [-0.2, 0) is 6.42 Å². The fourth-order valence-electron chi connectivity index (χ4n) is 2.34. The van der Waals surface area contributed by atoms with Gasteiger partial charge in [0.25, 0.3) is 0 Å². The molecule has 0 saturated carbocycles. The van der Waals surface area contributed by atoms with E-state index in [9.17, 15) is 4.79 Å². The average Bonchev–Trinajstić information content (AvgIpc) is 2.65. The Morgan fingerprint density at radius 2 is 2.06 bits per heavy atom. The SMILES string of the molecule is Cc1nc2c(cc1C(=O)O)Cc1ccccc1-2. The zero-order valence-corrected chi connectivity index (χ0v) is 9.40. The molecule has 3 heteroatoms. The Hall–Kier alpha value is -2.16. The summed E-state index contributed by atoms with van der Waals surface area (Å²) in [6.45, 7) is 1.74. The highest BCUT2D eigenvalue weighted by molar-refractivity contribution is 5.90. The molecule has 1 N–H and O–H groups in total. The maximum Gasteiger partial charge on any atom is 0.337 e. The van der Waals surface area contributed by atoms with Gasteiger partial charge in [-0.1, -0.05) is 24.3 Å². The average molecular weight is 225 g/mol. The van der Waals surface area contributed by atoms with Crippen LogP contribution in [0.4, 0.5) is 0 Å². The number of carboxylic acid groups (broad SMARTS) is 1. The molecule has 0 fully saturated rings. The summed E-state index contributed by atoms with van der Waals surface area (Å²) in [4.78, 5) is 15.5. The lowest BCUT2D eigenvalue weighted by atomic mass is 10.1. The molecule has 3 nitrogen and oxygen atoms in total. The van der Waals surface area contributed by atoms with Crippen LogP contribution >= 0.6 is 0 Å². The van der Waals surface area contributed by atoms with Crippen molar-refractivity contribution < 1.29 is 9.90 Å². The topological polar surface area (TPSA) is 50.2 Å². The summed E-state index contributed by atoms with van der Waals surface area (Å²) >= 11 is 0. The van der Waals surface area contributed by atoms with E-state index in [1.54, 1.807) is 13.0 Å². The maximum absolute atomic E-state index is 11.1. The molecular weight excluding hydrogens is 214 g/mol. The maximum atomic E-state index is 11.1. The van der Waals surface area contributed by atoms with E-state index in [0.29, 0.717) is 11.3 Å². The van der Waals surface area contributed by atoms with Crippen LogP contribution in [0.2, 0.25) is 0 Å². The van der Waals surface area contributed by atoms with Crippen molar-refractivity contribution in [2.75, 3.05) is 0 Å². The summed E-state index contributed by atoms with van der Waals surface area (Å²) in [6, 6.07) is 9.83. The van der Waals surface area contributed by atoms with Crippen LogP contribution in [0.5, 0.6) is 0 Å². The highest BCUT2D eigenvalue weighted by Crippen LogP contribution is 2.35. The number of carbonyl (C=O) groups is 1. The van der Waals surface area contributed by atoms with E-state index in [1.807, 2.05) is 18.2 Å². The summed E-state index contributed by atoms with van der Waals surface area (Å²) in [6.07, 6.45) is 0.777. The zero-order valence-electron chi connectivity index (χ0n) is 9.40.